The van der Waals surface area contributed by atoms with Gasteiger partial charge in [0.05, 0.1) is 4.60 Å². The van der Waals surface area contributed by atoms with Crippen LogP contribution in [0.4, 0.5) is 0 Å². The molecule has 0 saturated carbocycles. The molecule has 1 heterocycles. The lowest BCUT2D eigenvalue weighted by Gasteiger charge is -1.67. The van der Waals surface area contributed by atoms with Gasteiger partial charge < -0.3 is 4.98 Å². The van der Waals surface area contributed by atoms with Crippen LogP contribution in [0.2, 0.25) is 0 Å². The smallest absolute Gasteiger partial charge is 0.0830 e. The monoisotopic (exact) mass is 271 g/mol. The number of hydrogen-bond acceptors (Lipinski definition) is 0. The van der Waals surface area contributed by atoms with Crippen molar-refractivity contribution in [2.24, 2.45) is 0 Å². The lowest BCUT2D eigenvalue weighted by atomic mass is 10.7. The van der Waals surface area contributed by atoms with E-state index in [2.05, 4.69) is 43.5 Å². The van der Waals surface area contributed by atoms with Crippen molar-refractivity contribution in [3.8, 4) is 0 Å². The Hall–Kier alpha value is 0.490. The summed E-state index contributed by atoms with van der Waals surface area (Å²) in [5, 5.41) is 0. The molecule has 38 valence electrons. The molecule has 3 heteroatoms. The highest BCUT2D eigenvalue weighted by Gasteiger charge is 1.86. The van der Waals surface area contributed by atoms with Crippen LogP contribution in [0.5, 0.6) is 0 Å². The average Bonchev–Trinajstić information content (AvgIpc) is 1.87. The normalized spacial score (nSPS) is 9.43. The third kappa shape index (κ3) is 1.45. The Labute approximate surface area is 63.8 Å². The van der Waals surface area contributed by atoms with Crippen molar-refractivity contribution in [2.45, 2.75) is 0 Å². The van der Waals surface area contributed by atoms with Crippen molar-refractivity contribution in [1.29, 1.82) is 0 Å². The van der Waals surface area contributed by atoms with Gasteiger partial charge in [-0.1, -0.05) is 0 Å². The van der Waals surface area contributed by atoms with Crippen molar-refractivity contribution in [3.63, 3.8) is 0 Å². The second-order valence-corrected chi connectivity index (χ2v) is 3.27. The first-order valence-electron chi connectivity index (χ1n) is 1.78. The van der Waals surface area contributed by atoms with Gasteiger partial charge in [0.2, 0.25) is 0 Å². The number of H-pyrrole nitrogens is 1. The topological polar surface area (TPSA) is 15.8 Å². The summed E-state index contributed by atoms with van der Waals surface area (Å²) in [6, 6.07) is 2.01. The van der Waals surface area contributed by atoms with Crippen LogP contribution in [0.3, 0.4) is 0 Å². The number of halogens is 2. The van der Waals surface area contributed by atoms with E-state index in [4.69, 9.17) is 0 Å². The summed E-state index contributed by atoms with van der Waals surface area (Å²) in [4.78, 5) is 2.98. The first-order chi connectivity index (χ1) is 3.29. The predicted molar refractivity (Wildman–Crippen MR) is 41.2 cm³/mol. The molecule has 0 atom stereocenters. The van der Waals surface area contributed by atoms with E-state index in [9.17, 15) is 0 Å². The van der Waals surface area contributed by atoms with Crippen LogP contribution in [0.1, 0.15) is 0 Å². The third-order valence-corrected chi connectivity index (χ3v) is 1.69. The number of hydrogen-bond donors (Lipinski definition) is 1. The molecule has 1 aromatic rings. The maximum absolute atomic E-state index is 3.27. The quantitative estimate of drug-likeness (QED) is 0.698. The van der Waals surface area contributed by atoms with E-state index < -0.39 is 0 Å². The fraction of sp³-hybridized carbons (Fsp3) is 0. The van der Waals surface area contributed by atoms with Crippen LogP contribution >= 0.6 is 38.5 Å². The zero-order chi connectivity index (χ0) is 5.28. The number of nitrogens with one attached hydrogen (secondary N) is 1. The lowest BCUT2D eigenvalue weighted by Crippen LogP contribution is -1.50. The van der Waals surface area contributed by atoms with Gasteiger partial charge in [-0.2, -0.15) is 0 Å². The number of rotatable bonds is 0. The molecule has 0 saturated heterocycles. The summed E-state index contributed by atoms with van der Waals surface area (Å²) in [5.74, 6) is 0. The third-order valence-electron chi connectivity index (χ3n) is 0.613. The molecule has 1 N–H and O–H groups in total. The maximum Gasteiger partial charge on any atom is 0.0830 e. The van der Waals surface area contributed by atoms with E-state index in [1.165, 1.54) is 3.57 Å². The molecule has 0 amide bonds. The second kappa shape index (κ2) is 2.17. The number of aromatic nitrogens is 1. The van der Waals surface area contributed by atoms with Gasteiger partial charge in [-0.3, -0.25) is 0 Å². The van der Waals surface area contributed by atoms with E-state index in [1.54, 1.807) is 0 Å². The molecular formula is C4H3BrIN. The number of aromatic amines is 1. The lowest BCUT2D eigenvalue weighted by molar-refractivity contribution is 1.36. The van der Waals surface area contributed by atoms with Crippen LogP contribution in [-0.2, 0) is 0 Å². The van der Waals surface area contributed by atoms with Crippen LogP contribution in [0.25, 0.3) is 0 Å². The fourth-order valence-corrected chi connectivity index (χ4v) is 1.60. The van der Waals surface area contributed by atoms with Crippen LogP contribution < -0.4 is 0 Å². The minimum Gasteiger partial charge on any atom is -0.355 e. The molecule has 0 aromatic carbocycles. The molecule has 1 rings (SSSR count). The van der Waals surface area contributed by atoms with E-state index in [0.29, 0.717) is 0 Å². The summed E-state index contributed by atoms with van der Waals surface area (Å²) in [6.07, 6.45) is 1.94. The summed E-state index contributed by atoms with van der Waals surface area (Å²) in [5.41, 5.74) is 0. The minimum atomic E-state index is 1.04. The molecule has 0 bridgehead atoms. The summed E-state index contributed by atoms with van der Waals surface area (Å²) < 4.78 is 2.27. The zero-order valence-electron chi connectivity index (χ0n) is 3.41. The molecule has 0 aliphatic rings. The van der Waals surface area contributed by atoms with E-state index in [1.807, 2.05) is 12.3 Å². The Kier molecular flexibility index (Phi) is 1.74. The average molecular weight is 272 g/mol. The van der Waals surface area contributed by atoms with E-state index in [-0.39, 0.29) is 0 Å². The summed E-state index contributed by atoms with van der Waals surface area (Å²) in [7, 11) is 0. The summed E-state index contributed by atoms with van der Waals surface area (Å²) >= 11 is 5.51. The van der Waals surface area contributed by atoms with Crippen molar-refractivity contribution >= 4 is 38.5 Å². The molecule has 7 heavy (non-hydrogen) atoms. The maximum atomic E-state index is 3.27. The fourth-order valence-electron chi connectivity index (χ4n) is 0.342. The van der Waals surface area contributed by atoms with Gasteiger partial charge in [0.1, 0.15) is 0 Å². The van der Waals surface area contributed by atoms with E-state index >= 15 is 0 Å². The highest BCUT2D eigenvalue weighted by Crippen LogP contribution is 2.10. The van der Waals surface area contributed by atoms with Gasteiger partial charge in [0.25, 0.3) is 0 Å². The molecule has 0 spiro atoms. The first kappa shape index (κ1) is 5.62. The molecule has 0 radical (unpaired) electrons. The molecule has 1 aromatic heterocycles. The largest absolute Gasteiger partial charge is 0.355 e. The van der Waals surface area contributed by atoms with Crippen molar-refractivity contribution < 1.29 is 0 Å². The molecule has 0 unspecified atom stereocenters. The SMILES string of the molecule is Brc1cc(I)c[nH]1. The van der Waals surface area contributed by atoms with Gasteiger partial charge in [-0.15, -0.1) is 0 Å². The van der Waals surface area contributed by atoms with Crippen LogP contribution in [-0.4, -0.2) is 4.98 Å². The van der Waals surface area contributed by atoms with Crippen LogP contribution in [0, 0.1) is 3.57 Å². The first-order valence-corrected chi connectivity index (χ1v) is 3.65. The van der Waals surface area contributed by atoms with Crippen molar-refractivity contribution in [3.05, 3.63) is 20.4 Å². The molecule has 1 nitrogen and oxygen atoms in total. The molecular weight excluding hydrogens is 269 g/mol. The van der Waals surface area contributed by atoms with Crippen molar-refractivity contribution in [1.82, 2.24) is 4.98 Å². The molecule has 0 aliphatic heterocycles. The standard InChI is InChI=1S/C4H3BrIN/c5-4-1-3(6)2-7-4/h1-2,7H. The Morgan fingerprint density at radius 1 is 1.71 bits per heavy atom. The highest BCUT2D eigenvalue weighted by atomic mass is 127. The van der Waals surface area contributed by atoms with Crippen LogP contribution in [0.15, 0.2) is 16.9 Å². The second-order valence-electron chi connectivity index (χ2n) is 1.17. The minimum absolute atomic E-state index is 1.04. The predicted octanol–water partition coefficient (Wildman–Crippen LogP) is 2.38. The zero-order valence-corrected chi connectivity index (χ0v) is 7.15. The van der Waals surface area contributed by atoms with E-state index in [0.717, 1.165) is 4.60 Å². The van der Waals surface area contributed by atoms with Crippen molar-refractivity contribution in [2.75, 3.05) is 0 Å². The van der Waals surface area contributed by atoms with Gasteiger partial charge in [0.15, 0.2) is 0 Å². The Morgan fingerprint density at radius 3 is 2.57 bits per heavy atom. The molecule has 0 aliphatic carbocycles. The van der Waals surface area contributed by atoms with Gasteiger partial charge in [-0.05, 0) is 44.6 Å². The summed E-state index contributed by atoms with van der Waals surface area (Å²) in [6.45, 7) is 0. The Balaban J connectivity index is 3.04. The highest BCUT2D eigenvalue weighted by molar-refractivity contribution is 14.1. The molecule has 0 fully saturated rings. The van der Waals surface area contributed by atoms with Gasteiger partial charge >= 0.3 is 0 Å². The Morgan fingerprint density at radius 2 is 2.43 bits per heavy atom. The van der Waals surface area contributed by atoms with Gasteiger partial charge in [0, 0.05) is 9.77 Å². The Bertz CT molecular complexity index is 144. The van der Waals surface area contributed by atoms with Gasteiger partial charge in [-0.25, -0.2) is 0 Å².